The van der Waals surface area contributed by atoms with Crippen LogP contribution in [0.5, 0.6) is 0 Å². The minimum Gasteiger partial charge on any atom is -0.449 e. The summed E-state index contributed by atoms with van der Waals surface area (Å²) in [5.74, 6) is 0.0441. The number of rotatable bonds is 5. The zero-order valence-corrected chi connectivity index (χ0v) is 17.3. The molecule has 0 unspecified atom stereocenters. The summed E-state index contributed by atoms with van der Waals surface area (Å²) in [4.78, 5) is 16.5. The number of ether oxygens (including phenoxy) is 1. The van der Waals surface area contributed by atoms with Gasteiger partial charge in [0.25, 0.3) is 0 Å². The Bertz CT molecular complexity index is 1250. The van der Waals surface area contributed by atoms with Gasteiger partial charge in [-0.1, -0.05) is 66.2 Å². The molecule has 6 nitrogen and oxygen atoms in total. The average Bonchev–Trinajstić information content (AvgIpc) is 3.34. The van der Waals surface area contributed by atoms with Crippen LogP contribution in [0.15, 0.2) is 72.9 Å². The highest BCUT2D eigenvalue weighted by atomic mass is 35.5. The van der Waals surface area contributed by atoms with E-state index in [1.54, 1.807) is 22.8 Å². The molecule has 4 aromatic rings. The molecule has 0 saturated carbocycles. The number of nitrogens with zero attached hydrogens (tertiary/aromatic N) is 3. The van der Waals surface area contributed by atoms with Crippen LogP contribution in [0.25, 0.3) is 22.9 Å². The molecule has 2 aromatic carbocycles. The van der Waals surface area contributed by atoms with E-state index in [2.05, 4.69) is 39.7 Å². The molecular weight excluding hydrogens is 412 g/mol. The predicted octanol–water partition coefficient (Wildman–Crippen LogP) is 4.93. The van der Waals surface area contributed by atoms with Crippen molar-refractivity contribution in [2.75, 3.05) is 13.2 Å². The summed E-state index contributed by atoms with van der Waals surface area (Å²) in [6, 6.07) is 20.0. The third-order valence-electron chi connectivity index (χ3n) is 5.35. The number of benzene rings is 2. The zero-order chi connectivity index (χ0) is 21.2. The molecule has 154 valence electrons. The second-order valence-corrected chi connectivity index (χ2v) is 7.61. The molecule has 0 bridgehead atoms. The van der Waals surface area contributed by atoms with E-state index in [9.17, 15) is 4.79 Å². The lowest BCUT2D eigenvalue weighted by Gasteiger charge is -2.14. The minimum absolute atomic E-state index is 0.0441. The molecule has 1 N–H and O–H groups in total. The van der Waals surface area contributed by atoms with Crippen LogP contribution in [-0.4, -0.2) is 33.8 Å². The molecule has 1 amide bonds. The minimum atomic E-state index is -0.453. The largest absolute Gasteiger partial charge is 0.449 e. The maximum atomic E-state index is 12.2. The van der Waals surface area contributed by atoms with Crippen molar-refractivity contribution in [3.63, 3.8) is 0 Å². The summed E-state index contributed by atoms with van der Waals surface area (Å²) in [6.45, 7) is 0.615. The van der Waals surface area contributed by atoms with Crippen molar-refractivity contribution in [2.24, 2.45) is 0 Å². The van der Waals surface area contributed by atoms with Gasteiger partial charge in [0.05, 0.1) is 11.9 Å². The number of imidazole rings is 1. The number of aromatic nitrogens is 3. The molecule has 0 aliphatic heterocycles. The van der Waals surface area contributed by atoms with Gasteiger partial charge < -0.3 is 10.1 Å². The Morgan fingerprint density at radius 2 is 1.77 bits per heavy atom. The lowest BCUT2D eigenvalue weighted by molar-refractivity contribution is 0.144. The van der Waals surface area contributed by atoms with Gasteiger partial charge in [-0.25, -0.2) is 14.3 Å². The first kappa shape index (κ1) is 19.3. The van der Waals surface area contributed by atoms with Crippen LogP contribution in [0.2, 0.25) is 5.15 Å². The van der Waals surface area contributed by atoms with E-state index >= 15 is 0 Å². The molecule has 0 spiro atoms. The van der Waals surface area contributed by atoms with Crippen molar-refractivity contribution < 1.29 is 9.53 Å². The van der Waals surface area contributed by atoms with Crippen molar-refractivity contribution in [3.05, 3.63) is 94.9 Å². The zero-order valence-electron chi connectivity index (χ0n) is 16.5. The van der Waals surface area contributed by atoms with Gasteiger partial charge >= 0.3 is 6.09 Å². The molecule has 2 heterocycles. The molecule has 1 aliphatic carbocycles. The number of alkyl carbamates (subject to hydrolysis) is 1. The van der Waals surface area contributed by atoms with Crippen LogP contribution in [0.4, 0.5) is 4.79 Å². The van der Waals surface area contributed by atoms with E-state index in [0.717, 1.165) is 5.69 Å². The van der Waals surface area contributed by atoms with E-state index in [1.165, 1.54) is 22.3 Å². The number of fused-ring (bicyclic) bond motifs is 4. The van der Waals surface area contributed by atoms with Crippen LogP contribution in [0.1, 0.15) is 22.7 Å². The van der Waals surface area contributed by atoms with Gasteiger partial charge in [-0.3, -0.25) is 0 Å². The number of hydrogen-bond donors (Lipinski definition) is 1. The second kappa shape index (κ2) is 8.24. The second-order valence-electron chi connectivity index (χ2n) is 7.22. The monoisotopic (exact) mass is 430 g/mol. The van der Waals surface area contributed by atoms with Crippen LogP contribution in [-0.2, 0) is 4.74 Å². The Kier molecular flexibility index (Phi) is 5.14. The SMILES string of the molecule is O=C(NCC=Cc1cnc2ccc(Cl)nn12)OCC1c2ccccc2-c2ccccc21. The highest BCUT2D eigenvalue weighted by molar-refractivity contribution is 6.29. The Balaban J connectivity index is 1.19. The summed E-state index contributed by atoms with van der Waals surface area (Å²) in [5.41, 5.74) is 6.26. The average molecular weight is 431 g/mol. The Hall–Kier alpha value is -3.64. The van der Waals surface area contributed by atoms with E-state index in [0.29, 0.717) is 24.0 Å². The first-order valence-electron chi connectivity index (χ1n) is 9.96. The summed E-state index contributed by atoms with van der Waals surface area (Å²) in [6.07, 6.45) is 4.88. The fourth-order valence-electron chi connectivity index (χ4n) is 3.95. The van der Waals surface area contributed by atoms with Crippen molar-refractivity contribution in [3.8, 4) is 11.1 Å². The lowest BCUT2D eigenvalue weighted by Crippen LogP contribution is -2.26. The summed E-state index contributed by atoms with van der Waals surface area (Å²) in [5, 5.41) is 7.35. The maximum Gasteiger partial charge on any atom is 0.407 e. The van der Waals surface area contributed by atoms with E-state index < -0.39 is 6.09 Å². The van der Waals surface area contributed by atoms with E-state index in [4.69, 9.17) is 16.3 Å². The van der Waals surface area contributed by atoms with Crippen molar-refractivity contribution in [1.82, 2.24) is 19.9 Å². The number of hydrogen-bond acceptors (Lipinski definition) is 4. The molecule has 2 aromatic heterocycles. The summed E-state index contributed by atoms with van der Waals surface area (Å²) in [7, 11) is 0. The van der Waals surface area contributed by atoms with Crippen LogP contribution < -0.4 is 5.32 Å². The third-order valence-corrected chi connectivity index (χ3v) is 5.55. The van der Waals surface area contributed by atoms with Gasteiger partial charge in [-0.2, -0.15) is 5.10 Å². The smallest absolute Gasteiger partial charge is 0.407 e. The van der Waals surface area contributed by atoms with Gasteiger partial charge in [0, 0.05) is 12.5 Å². The van der Waals surface area contributed by atoms with Gasteiger partial charge in [-0.15, -0.1) is 0 Å². The number of carbonyl (C=O) groups excluding carboxylic acids is 1. The number of carbonyl (C=O) groups is 1. The van der Waals surface area contributed by atoms with Gasteiger partial charge in [0.2, 0.25) is 0 Å². The number of amides is 1. The van der Waals surface area contributed by atoms with Gasteiger partial charge in [-0.05, 0) is 40.5 Å². The molecule has 31 heavy (non-hydrogen) atoms. The van der Waals surface area contributed by atoms with Crippen LogP contribution >= 0.6 is 11.6 Å². The molecule has 0 fully saturated rings. The molecule has 0 radical (unpaired) electrons. The molecule has 0 saturated heterocycles. The predicted molar refractivity (Wildman–Crippen MR) is 120 cm³/mol. The molecule has 1 aliphatic rings. The topological polar surface area (TPSA) is 68.5 Å². The van der Waals surface area contributed by atoms with Crippen LogP contribution in [0.3, 0.4) is 0 Å². The molecule has 7 heteroatoms. The van der Waals surface area contributed by atoms with E-state index in [1.807, 2.05) is 36.4 Å². The normalized spacial score (nSPS) is 12.8. The highest BCUT2D eigenvalue weighted by Crippen LogP contribution is 2.44. The Labute approximate surface area is 184 Å². The molecule has 5 rings (SSSR count). The Morgan fingerprint density at radius 1 is 1.06 bits per heavy atom. The fraction of sp³-hybridized carbons (Fsp3) is 0.125. The Morgan fingerprint density at radius 3 is 2.52 bits per heavy atom. The summed E-state index contributed by atoms with van der Waals surface area (Å²) >= 11 is 5.94. The van der Waals surface area contributed by atoms with Gasteiger partial charge in [0.15, 0.2) is 5.65 Å². The van der Waals surface area contributed by atoms with Crippen molar-refractivity contribution >= 4 is 29.4 Å². The standard InChI is InChI=1S/C24H19ClN4O2/c25-22-11-12-23-27-14-16(29(23)28-22)6-5-13-26-24(30)31-15-21-19-9-3-1-7-17(19)18-8-2-4-10-20(18)21/h1-12,14,21H,13,15H2,(H,26,30). The van der Waals surface area contributed by atoms with Crippen molar-refractivity contribution in [1.29, 1.82) is 0 Å². The first-order chi connectivity index (χ1) is 15.2. The quantitative estimate of drug-likeness (QED) is 0.487. The molecule has 0 atom stereocenters. The maximum absolute atomic E-state index is 12.2. The summed E-state index contributed by atoms with van der Waals surface area (Å²) < 4.78 is 7.18. The molecular formula is C24H19ClN4O2. The lowest BCUT2D eigenvalue weighted by atomic mass is 9.98. The van der Waals surface area contributed by atoms with Crippen LogP contribution in [0, 0.1) is 0 Å². The third kappa shape index (κ3) is 3.78. The first-order valence-corrected chi connectivity index (χ1v) is 10.3. The fourth-order valence-corrected chi connectivity index (χ4v) is 4.09. The number of halogens is 1. The van der Waals surface area contributed by atoms with E-state index in [-0.39, 0.29) is 5.92 Å². The van der Waals surface area contributed by atoms with Gasteiger partial charge in [0.1, 0.15) is 11.8 Å². The highest BCUT2D eigenvalue weighted by Gasteiger charge is 2.28. The van der Waals surface area contributed by atoms with Crippen molar-refractivity contribution in [2.45, 2.75) is 5.92 Å². The number of nitrogens with one attached hydrogen (secondary N) is 1.